The van der Waals surface area contributed by atoms with Gasteiger partial charge in [0.15, 0.2) is 0 Å². The Morgan fingerprint density at radius 2 is 2.22 bits per heavy atom. The SMILES string of the molecule is CC1(C)CCCN1C(=O)/C=C/c1cccc(N)c1. The summed E-state index contributed by atoms with van der Waals surface area (Å²) in [5.41, 5.74) is 7.36. The van der Waals surface area contributed by atoms with E-state index >= 15 is 0 Å². The maximum Gasteiger partial charge on any atom is 0.247 e. The van der Waals surface area contributed by atoms with Gasteiger partial charge in [-0.15, -0.1) is 0 Å². The van der Waals surface area contributed by atoms with Crippen LogP contribution in [0.4, 0.5) is 5.69 Å². The van der Waals surface area contributed by atoms with E-state index in [1.165, 1.54) is 0 Å². The van der Waals surface area contributed by atoms with E-state index in [2.05, 4.69) is 13.8 Å². The van der Waals surface area contributed by atoms with E-state index < -0.39 is 0 Å². The van der Waals surface area contributed by atoms with Crippen LogP contribution in [0, 0.1) is 0 Å². The fourth-order valence-corrected chi connectivity index (χ4v) is 2.44. The smallest absolute Gasteiger partial charge is 0.247 e. The zero-order valence-electron chi connectivity index (χ0n) is 11.0. The maximum atomic E-state index is 12.1. The van der Waals surface area contributed by atoms with Gasteiger partial charge in [-0.25, -0.2) is 0 Å². The van der Waals surface area contributed by atoms with Crippen LogP contribution in [0.25, 0.3) is 6.08 Å². The number of hydrogen-bond acceptors (Lipinski definition) is 2. The highest BCUT2D eigenvalue weighted by Gasteiger charge is 2.34. The largest absolute Gasteiger partial charge is 0.399 e. The van der Waals surface area contributed by atoms with Crippen molar-refractivity contribution in [1.82, 2.24) is 4.90 Å². The molecule has 2 rings (SSSR count). The maximum absolute atomic E-state index is 12.1. The van der Waals surface area contributed by atoms with E-state index in [1.807, 2.05) is 35.2 Å². The number of likely N-dealkylation sites (tertiary alicyclic amines) is 1. The van der Waals surface area contributed by atoms with Gasteiger partial charge in [0.25, 0.3) is 0 Å². The van der Waals surface area contributed by atoms with E-state index in [1.54, 1.807) is 6.08 Å². The Labute approximate surface area is 108 Å². The molecule has 0 saturated carbocycles. The molecular formula is C15H20N2O. The molecule has 1 aliphatic heterocycles. The van der Waals surface area contributed by atoms with Gasteiger partial charge in [0, 0.05) is 23.8 Å². The number of anilines is 1. The van der Waals surface area contributed by atoms with Gasteiger partial charge in [-0.2, -0.15) is 0 Å². The second-order valence-electron chi connectivity index (χ2n) is 5.41. The number of amides is 1. The lowest BCUT2D eigenvalue weighted by molar-refractivity contribution is -0.128. The molecule has 1 aromatic carbocycles. The summed E-state index contributed by atoms with van der Waals surface area (Å²) < 4.78 is 0. The van der Waals surface area contributed by atoms with Crippen LogP contribution in [0.1, 0.15) is 32.3 Å². The van der Waals surface area contributed by atoms with Crippen molar-refractivity contribution in [2.75, 3.05) is 12.3 Å². The Morgan fingerprint density at radius 1 is 1.44 bits per heavy atom. The standard InChI is InChI=1S/C15H20N2O/c1-15(2)9-4-10-17(15)14(18)8-7-12-5-3-6-13(16)11-12/h3,5-8,11H,4,9-10,16H2,1-2H3/b8-7+. The number of nitrogen functional groups attached to an aromatic ring is 1. The van der Waals surface area contributed by atoms with E-state index in [4.69, 9.17) is 5.73 Å². The summed E-state index contributed by atoms with van der Waals surface area (Å²) in [5.74, 6) is 0.0833. The monoisotopic (exact) mass is 244 g/mol. The lowest BCUT2D eigenvalue weighted by Crippen LogP contribution is -2.41. The van der Waals surface area contributed by atoms with Gasteiger partial charge in [0.2, 0.25) is 5.91 Å². The molecule has 0 aromatic heterocycles. The first-order chi connectivity index (χ1) is 8.49. The van der Waals surface area contributed by atoms with Crippen molar-refractivity contribution in [2.45, 2.75) is 32.2 Å². The quantitative estimate of drug-likeness (QED) is 0.642. The summed E-state index contributed by atoms with van der Waals surface area (Å²) >= 11 is 0. The molecule has 1 amide bonds. The highest BCUT2D eigenvalue weighted by molar-refractivity contribution is 5.92. The van der Waals surface area contributed by atoms with Crippen LogP contribution < -0.4 is 5.73 Å². The van der Waals surface area contributed by atoms with Gasteiger partial charge >= 0.3 is 0 Å². The molecule has 1 aliphatic rings. The van der Waals surface area contributed by atoms with Crippen LogP contribution in [-0.2, 0) is 4.79 Å². The first-order valence-electron chi connectivity index (χ1n) is 6.34. The molecular weight excluding hydrogens is 224 g/mol. The van der Waals surface area contributed by atoms with Gasteiger partial charge in [-0.05, 0) is 50.5 Å². The van der Waals surface area contributed by atoms with Gasteiger partial charge in [-0.1, -0.05) is 12.1 Å². The third-order valence-electron chi connectivity index (χ3n) is 3.50. The molecule has 1 heterocycles. The number of carbonyl (C=O) groups is 1. The summed E-state index contributed by atoms with van der Waals surface area (Å²) in [6.45, 7) is 5.09. The number of rotatable bonds is 2. The van der Waals surface area contributed by atoms with Crippen molar-refractivity contribution in [3.8, 4) is 0 Å². The zero-order chi connectivity index (χ0) is 13.2. The summed E-state index contributed by atoms with van der Waals surface area (Å²) in [5, 5.41) is 0. The van der Waals surface area contributed by atoms with Crippen molar-refractivity contribution < 1.29 is 4.79 Å². The first-order valence-corrected chi connectivity index (χ1v) is 6.34. The van der Waals surface area contributed by atoms with Crippen molar-refractivity contribution in [3.05, 3.63) is 35.9 Å². The minimum atomic E-state index is -0.0167. The summed E-state index contributed by atoms with van der Waals surface area (Å²) in [7, 11) is 0. The lowest BCUT2D eigenvalue weighted by atomic mass is 10.0. The number of nitrogens with zero attached hydrogens (tertiary/aromatic N) is 1. The Balaban J connectivity index is 2.08. The molecule has 0 bridgehead atoms. The van der Waals surface area contributed by atoms with E-state index in [-0.39, 0.29) is 11.4 Å². The highest BCUT2D eigenvalue weighted by Crippen LogP contribution is 2.28. The minimum Gasteiger partial charge on any atom is -0.399 e. The summed E-state index contributed by atoms with van der Waals surface area (Å²) in [6, 6.07) is 7.52. The fraction of sp³-hybridized carbons (Fsp3) is 0.400. The molecule has 1 fully saturated rings. The van der Waals surface area contributed by atoms with Crippen molar-refractivity contribution in [1.29, 1.82) is 0 Å². The molecule has 0 spiro atoms. The molecule has 96 valence electrons. The Hall–Kier alpha value is -1.77. The van der Waals surface area contributed by atoms with Crippen molar-refractivity contribution >= 4 is 17.7 Å². The van der Waals surface area contributed by atoms with Crippen LogP contribution in [0.3, 0.4) is 0 Å². The molecule has 0 atom stereocenters. The van der Waals surface area contributed by atoms with Crippen LogP contribution in [0.2, 0.25) is 0 Å². The number of nitrogens with two attached hydrogens (primary N) is 1. The topological polar surface area (TPSA) is 46.3 Å². The second-order valence-corrected chi connectivity index (χ2v) is 5.41. The van der Waals surface area contributed by atoms with Crippen LogP contribution in [0.5, 0.6) is 0 Å². The van der Waals surface area contributed by atoms with Crippen molar-refractivity contribution in [2.24, 2.45) is 0 Å². The molecule has 3 nitrogen and oxygen atoms in total. The van der Waals surface area contributed by atoms with Crippen LogP contribution in [0.15, 0.2) is 30.3 Å². The van der Waals surface area contributed by atoms with Gasteiger partial charge < -0.3 is 10.6 Å². The van der Waals surface area contributed by atoms with Crippen LogP contribution in [-0.4, -0.2) is 22.9 Å². The fourth-order valence-electron chi connectivity index (χ4n) is 2.44. The van der Waals surface area contributed by atoms with E-state index in [0.29, 0.717) is 5.69 Å². The Morgan fingerprint density at radius 3 is 2.83 bits per heavy atom. The average molecular weight is 244 g/mol. The molecule has 0 unspecified atom stereocenters. The molecule has 0 radical (unpaired) electrons. The normalized spacial score (nSPS) is 18.4. The number of hydrogen-bond donors (Lipinski definition) is 1. The van der Waals surface area contributed by atoms with E-state index in [9.17, 15) is 4.79 Å². The third-order valence-corrected chi connectivity index (χ3v) is 3.50. The Kier molecular flexibility index (Phi) is 3.41. The Bertz CT molecular complexity index is 477. The highest BCUT2D eigenvalue weighted by atomic mass is 16.2. The van der Waals surface area contributed by atoms with Gasteiger partial charge in [-0.3, -0.25) is 4.79 Å². The first kappa shape index (κ1) is 12.7. The summed E-state index contributed by atoms with van der Waals surface area (Å²) in [6.07, 6.45) is 5.63. The van der Waals surface area contributed by atoms with Gasteiger partial charge in [0.1, 0.15) is 0 Å². The molecule has 1 aromatic rings. The lowest BCUT2D eigenvalue weighted by Gasteiger charge is -2.30. The minimum absolute atomic E-state index is 0.0167. The predicted molar refractivity (Wildman–Crippen MR) is 74.9 cm³/mol. The molecule has 1 saturated heterocycles. The zero-order valence-corrected chi connectivity index (χ0v) is 11.0. The van der Waals surface area contributed by atoms with Crippen molar-refractivity contribution in [3.63, 3.8) is 0 Å². The van der Waals surface area contributed by atoms with Crippen LogP contribution >= 0.6 is 0 Å². The number of benzene rings is 1. The average Bonchev–Trinajstić information content (AvgIpc) is 2.66. The third kappa shape index (κ3) is 2.73. The second kappa shape index (κ2) is 4.84. The predicted octanol–water partition coefficient (Wildman–Crippen LogP) is 2.68. The molecule has 2 N–H and O–H groups in total. The molecule has 3 heteroatoms. The molecule has 18 heavy (non-hydrogen) atoms. The van der Waals surface area contributed by atoms with E-state index in [0.717, 1.165) is 24.9 Å². The summed E-state index contributed by atoms with van der Waals surface area (Å²) in [4.78, 5) is 14.1. The number of carbonyl (C=O) groups excluding carboxylic acids is 1. The van der Waals surface area contributed by atoms with Gasteiger partial charge in [0.05, 0.1) is 0 Å². The molecule has 0 aliphatic carbocycles.